The Bertz CT molecular complexity index is 820. The molecule has 7 heteroatoms. The molecule has 0 bridgehead atoms. The number of benzene rings is 2. The van der Waals surface area contributed by atoms with Crippen molar-refractivity contribution >= 4 is 23.0 Å². The second kappa shape index (κ2) is 4.28. The Balaban J connectivity index is 1.86. The number of nitrogens with one attached hydrogen (secondary N) is 1. The van der Waals surface area contributed by atoms with Crippen LogP contribution in [0.4, 0.5) is 17.1 Å². The van der Waals surface area contributed by atoms with Crippen molar-refractivity contribution in [1.29, 1.82) is 0 Å². The molecule has 22 heavy (non-hydrogen) atoms. The number of carbonyl (C=O) groups excluding carboxylic acids is 1. The first kappa shape index (κ1) is 12.8. The Hall–Kier alpha value is -2.93. The Morgan fingerprint density at radius 2 is 2.00 bits per heavy atom. The summed E-state index contributed by atoms with van der Waals surface area (Å²) in [6, 6.07) is 11.2. The Labute approximate surface area is 124 Å². The number of nitrogens with zero attached hydrogens (tertiary/aromatic N) is 2. The lowest BCUT2D eigenvalue weighted by molar-refractivity contribution is -0.384. The van der Waals surface area contributed by atoms with Crippen LogP contribution in [0.15, 0.2) is 42.5 Å². The second-order valence-electron chi connectivity index (χ2n) is 5.25. The summed E-state index contributed by atoms with van der Waals surface area (Å²) in [6.07, 6.45) is -1.67. The SMILES string of the molecule is O=C1c2ccccc2NC2C(O)c3cc([N+](=O)[O-])ccc3N12. The highest BCUT2D eigenvalue weighted by atomic mass is 16.6. The fraction of sp³-hybridized carbons (Fsp3) is 0.133. The number of amides is 1. The molecule has 0 saturated carbocycles. The number of hydrogen-bond acceptors (Lipinski definition) is 5. The van der Waals surface area contributed by atoms with E-state index in [4.69, 9.17) is 0 Å². The molecule has 1 amide bonds. The van der Waals surface area contributed by atoms with Gasteiger partial charge in [0.15, 0.2) is 0 Å². The smallest absolute Gasteiger partial charge is 0.269 e. The number of para-hydroxylation sites is 1. The van der Waals surface area contributed by atoms with E-state index in [2.05, 4.69) is 5.32 Å². The Kier molecular flexibility index (Phi) is 2.49. The molecule has 0 aliphatic carbocycles. The van der Waals surface area contributed by atoms with Crippen LogP contribution >= 0.6 is 0 Å². The topological polar surface area (TPSA) is 95.7 Å². The van der Waals surface area contributed by atoms with Crippen molar-refractivity contribution in [2.45, 2.75) is 12.3 Å². The van der Waals surface area contributed by atoms with Crippen molar-refractivity contribution in [2.75, 3.05) is 10.2 Å². The fourth-order valence-electron chi connectivity index (χ4n) is 3.04. The number of nitro benzene ring substituents is 1. The maximum atomic E-state index is 12.7. The van der Waals surface area contributed by atoms with E-state index in [9.17, 15) is 20.0 Å². The van der Waals surface area contributed by atoms with E-state index in [-0.39, 0.29) is 11.6 Å². The minimum Gasteiger partial charge on any atom is -0.384 e. The summed E-state index contributed by atoms with van der Waals surface area (Å²) in [4.78, 5) is 24.5. The lowest BCUT2D eigenvalue weighted by Gasteiger charge is -2.34. The maximum Gasteiger partial charge on any atom is 0.269 e. The monoisotopic (exact) mass is 297 g/mol. The molecule has 0 fully saturated rings. The largest absolute Gasteiger partial charge is 0.384 e. The van der Waals surface area contributed by atoms with Gasteiger partial charge in [-0.05, 0) is 18.2 Å². The van der Waals surface area contributed by atoms with Crippen LogP contribution in [-0.2, 0) is 0 Å². The average Bonchev–Trinajstić information content (AvgIpc) is 2.80. The summed E-state index contributed by atoms with van der Waals surface area (Å²) in [5.41, 5.74) is 1.93. The van der Waals surface area contributed by atoms with Gasteiger partial charge in [-0.25, -0.2) is 0 Å². The van der Waals surface area contributed by atoms with E-state index in [1.807, 2.05) is 0 Å². The van der Waals surface area contributed by atoms with Gasteiger partial charge < -0.3 is 10.4 Å². The third-order valence-electron chi connectivity index (χ3n) is 4.06. The summed E-state index contributed by atoms with van der Waals surface area (Å²) in [6.45, 7) is 0. The van der Waals surface area contributed by atoms with E-state index >= 15 is 0 Å². The van der Waals surface area contributed by atoms with Crippen molar-refractivity contribution in [1.82, 2.24) is 0 Å². The normalized spacial score (nSPS) is 21.7. The van der Waals surface area contributed by atoms with E-state index in [0.29, 0.717) is 22.5 Å². The summed E-state index contributed by atoms with van der Waals surface area (Å²) in [5, 5.41) is 24.5. The highest BCUT2D eigenvalue weighted by Crippen LogP contribution is 2.44. The van der Waals surface area contributed by atoms with Crippen LogP contribution in [0.2, 0.25) is 0 Å². The zero-order valence-corrected chi connectivity index (χ0v) is 11.3. The van der Waals surface area contributed by atoms with Crippen LogP contribution < -0.4 is 10.2 Å². The lowest BCUT2D eigenvalue weighted by Crippen LogP contribution is -2.48. The van der Waals surface area contributed by atoms with Crippen LogP contribution in [0, 0.1) is 10.1 Å². The molecule has 0 radical (unpaired) electrons. The molecule has 0 spiro atoms. The van der Waals surface area contributed by atoms with Gasteiger partial charge in [0, 0.05) is 23.4 Å². The number of nitro groups is 1. The fourth-order valence-corrected chi connectivity index (χ4v) is 3.04. The number of rotatable bonds is 1. The molecule has 2 aromatic rings. The van der Waals surface area contributed by atoms with Gasteiger partial charge in [0.2, 0.25) is 0 Å². The van der Waals surface area contributed by atoms with E-state index < -0.39 is 17.2 Å². The number of carbonyl (C=O) groups is 1. The molecule has 2 aliphatic rings. The average molecular weight is 297 g/mol. The van der Waals surface area contributed by atoms with Gasteiger partial charge >= 0.3 is 0 Å². The molecular weight excluding hydrogens is 286 g/mol. The molecular formula is C15H11N3O4. The molecule has 0 saturated heterocycles. The van der Waals surface area contributed by atoms with Gasteiger partial charge in [0.25, 0.3) is 11.6 Å². The van der Waals surface area contributed by atoms with Gasteiger partial charge in [-0.15, -0.1) is 0 Å². The highest BCUT2D eigenvalue weighted by Gasteiger charge is 2.45. The zero-order chi connectivity index (χ0) is 15.4. The molecule has 0 aromatic heterocycles. The molecule has 2 heterocycles. The number of hydrogen-bond donors (Lipinski definition) is 2. The van der Waals surface area contributed by atoms with Crippen LogP contribution in [0.5, 0.6) is 0 Å². The summed E-state index contributed by atoms with van der Waals surface area (Å²) >= 11 is 0. The van der Waals surface area contributed by atoms with Crippen molar-refractivity contribution in [3.05, 3.63) is 63.7 Å². The van der Waals surface area contributed by atoms with Crippen molar-refractivity contribution in [3.63, 3.8) is 0 Å². The van der Waals surface area contributed by atoms with Crippen LogP contribution in [0.3, 0.4) is 0 Å². The number of aliphatic hydroxyl groups is 1. The predicted octanol–water partition coefficient (Wildman–Crippen LogP) is 2.04. The molecule has 2 aromatic carbocycles. The van der Waals surface area contributed by atoms with Crippen molar-refractivity contribution < 1.29 is 14.8 Å². The zero-order valence-electron chi connectivity index (χ0n) is 11.3. The number of non-ortho nitro benzene ring substituents is 1. The molecule has 7 nitrogen and oxygen atoms in total. The number of aliphatic hydroxyl groups excluding tert-OH is 1. The van der Waals surface area contributed by atoms with E-state index in [1.54, 1.807) is 24.3 Å². The lowest BCUT2D eigenvalue weighted by atomic mass is 10.1. The molecule has 2 N–H and O–H groups in total. The molecule has 2 atom stereocenters. The molecule has 2 aliphatic heterocycles. The van der Waals surface area contributed by atoms with Gasteiger partial charge in [-0.1, -0.05) is 12.1 Å². The predicted molar refractivity (Wildman–Crippen MR) is 78.7 cm³/mol. The molecule has 2 unspecified atom stereocenters. The van der Waals surface area contributed by atoms with Gasteiger partial charge in [-0.3, -0.25) is 19.8 Å². The molecule has 110 valence electrons. The van der Waals surface area contributed by atoms with Gasteiger partial charge in [0.1, 0.15) is 12.3 Å². The number of fused-ring (bicyclic) bond motifs is 4. The van der Waals surface area contributed by atoms with Gasteiger partial charge in [-0.2, -0.15) is 0 Å². The first-order valence-corrected chi connectivity index (χ1v) is 6.73. The second-order valence-corrected chi connectivity index (χ2v) is 5.25. The quantitative estimate of drug-likeness (QED) is 0.620. The summed E-state index contributed by atoms with van der Waals surface area (Å²) < 4.78 is 0. The standard InChI is InChI=1S/C15H11N3O4/c19-13-10-7-8(18(21)22)5-6-12(10)17-14(13)16-11-4-2-1-3-9(11)15(17)20/h1-7,13-14,16,19H. The van der Waals surface area contributed by atoms with Crippen LogP contribution in [-0.4, -0.2) is 22.1 Å². The first-order chi connectivity index (χ1) is 10.6. The molecule has 4 rings (SSSR count). The van der Waals surface area contributed by atoms with Crippen molar-refractivity contribution in [3.8, 4) is 0 Å². The third kappa shape index (κ3) is 1.57. The van der Waals surface area contributed by atoms with Crippen LogP contribution in [0.1, 0.15) is 22.0 Å². The minimum absolute atomic E-state index is 0.109. The van der Waals surface area contributed by atoms with Gasteiger partial charge in [0.05, 0.1) is 16.2 Å². The number of anilines is 2. The van der Waals surface area contributed by atoms with Crippen LogP contribution in [0.25, 0.3) is 0 Å². The van der Waals surface area contributed by atoms with Crippen molar-refractivity contribution in [2.24, 2.45) is 0 Å². The Morgan fingerprint density at radius 1 is 1.23 bits per heavy atom. The highest BCUT2D eigenvalue weighted by molar-refractivity contribution is 6.13. The summed E-state index contributed by atoms with van der Waals surface area (Å²) in [7, 11) is 0. The summed E-state index contributed by atoms with van der Waals surface area (Å²) in [5.74, 6) is -0.231. The Morgan fingerprint density at radius 3 is 2.77 bits per heavy atom. The van der Waals surface area contributed by atoms with E-state index in [1.165, 1.54) is 23.1 Å². The maximum absolute atomic E-state index is 12.7. The first-order valence-electron chi connectivity index (χ1n) is 6.73. The third-order valence-corrected chi connectivity index (χ3v) is 4.06. The van der Waals surface area contributed by atoms with E-state index in [0.717, 1.165) is 0 Å². The minimum atomic E-state index is -1.02.